The first-order valence-corrected chi connectivity index (χ1v) is 10.7. The van der Waals surface area contributed by atoms with Gasteiger partial charge in [-0.2, -0.15) is 23.4 Å². The molecule has 0 saturated heterocycles. The predicted octanol–water partition coefficient (Wildman–Crippen LogP) is 5.29. The average molecular weight is 496 g/mol. The van der Waals surface area contributed by atoms with Crippen molar-refractivity contribution in [1.82, 2.24) is 19.6 Å². The van der Waals surface area contributed by atoms with Crippen LogP contribution in [-0.4, -0.2) is 25.5 Å². The Kier molecular flexibility index (Phi) is 5.67. The van der Waals surface area contributed by atoms with Crippen LogP contribution in [0.1, 0.15) is 54.2 Å². The van der Waals surface area contributed by atoms with Crippen LogP contribution < -0.4 is 5.32 Å². The summed E-state index contributed by atoms with van der Waals surface area (Å²) in [4.78, 5) is 12.8. The van der Waals surface area contributed by atoms with Gasteiger partial charge in [0, 0.05) is 12.1 Å². The number of nitrogens with zero attached hydrogens (tertiary/aromatic N) is 4. The van der Waals surface area contributed by atoms with Crippen LogP contribution in [0.4, 0.5) is 18.9 Å². The molecule has 6 nitrogen and oxygen atoms in total. The molecule has 0 bridgehead atoms. The number of hydrogen-bond donors (Lipinski definition) is 1. The Morgan fingerprint density at radius 3 is 2.68 bits per heavy atom. The Morgan fingerprint density at radius 1 is 1.32 bits per heavy atom. The van der Waals surface area contributed by atoms with E-state index in [2.05, 4.69) is 31.4 Å². The summed E-state index contributed by atoms with van der Waals surface area (Å²) in [5.74, 6) is -0.480. The van der Waals surface area contributed by atoms with Gasteiger partial charge in [-0.25, -0.2) is 0 Å². The molecule has 10 heteroatoms. The highest BCUT2D eigenvalue weighted by Gasteiger charge is 2.43. The van der Waals surface area contributed by atoms with E-state index >= 15 is 0 Å². The lowest BCUT2D eigenvalue weighted by Gasteiger charge is -2.15. The Morgan fingerprint density at radius 2 is 2.03 bits per heavy atom. The second-order valence-corrected chi connectivity index (χ2v) is 8.58. The van der Waals surface area contributed by atoms with Crippen LogP contribution in [0, 0.1) is 6.92 Å². The maximum atomic E-state index is 13.3. The van der Waals surface area contributed by atoms with E-state index in [0.717, 1.165) is 24.0 Å². The van der Waals surface area contributed by atoms with Gasteiger partial charge in [0.25, 0.3) is 0 Å². The van der Waals surface area contributed by atoms with Gasteiger partial charge in [0.2, 0.25) is 5.91 Å². The smallest absolute Gasteiger partial charge is 0.322 e. The zero-order valence-electron chi connectivity index (χ0n) is 16.9. The molecule has 0 spiro atoms. The second kappa shape index (κ2) is 8.14. The molecule has 1 N–H and O–H groups in total. The molecule has 1 saturated carbocycles. The summed E-state index contributed by atoms with van der Waals surface area (Å²) < 4.78 is 42.8. The Hall–Kier alpha value is -2.62. The lowest BCUT2D eigenvalue weighted by Crippen LogP contribution is -2.26. The maximum Gasteiger partial charge on any atom is 0.436 e. The summed E-state index contributed by atoms with van der Waals surface area (Å²) in [6, 6.07) is 7.01. The Labute approximate surface area is 185 Å². The van der Waals surface area contributed by atoms with E-state index in [4.69, 9.17) is 0 Å². The summed E-state index contributed by atoms with van der Waals surface area (Å²) in [6.45, 7) is 4.10. The lowest BCUT2D eigenvalue weighted by atomic mass is 10.1. The fourth-order valence-corrected chi connectivity index (χ4v) is 4.27. The van der Waals surface area contributed by atoms with E-state index in [1.165, 1.54) is 10.9 Å². The van der Waals surface area contributed by atoms with Crippen LogP contribution in [0.2, 0.25) is 0 Å². The molecule has 1 fully saturated rings. The zero-order chi connectivity index (χ0) is 22.3. The van der Waals surface area contributed by atoms with Gasteiger partial charge in [0.15, 0.2) is 5.69 Å². The van der Waals surface area contributed by atoms with Crippen molar-refractivity contribution in [3.8, 4) is 0 Å². The minimum Gasteiger partial charge on any atom is -0.322 e. The van der Waals surface area contributed by atoms with E-state index < -0.39 is 23.8 Å². The number of carbonyl (C=O) groups excluding carboxylic acids is 1. The number of anilines is 1. The van der Waals surface area contributed by atoms with Gasteiger partial charge >= 0.3 is 6.18 Å². The summed E-state index contributed by atoms with van der Waals surface area (Å²) in [6.07, 6.45) is 0.174. The van der Waals surface area contributed by atoms with Crippen LogP contribution in [0.3, 0.4) is 0 Å². The third-order valence-electron chi connectivity index (χ3n) is 5.36. The van der Waals surface area contributed by atoms with Gasteiger partial charge in [-0.3, -0.25) is 14.2 Å². The fraction of sp³-hybridized carbons (Fsp3) is 0.381. The van der Waals surface area contributed by atoms with Crippen molar-refractivity contribution >= 4 is 27.5 Å². The van der Waals surface area contributed by atoms with Crippen LogP contribution >= 0.6 is 15.9 Å². The molecule has 3 aromatic rings. The molecule has 2 heterocycles. The second-order valence-electron chi connectivity index (χ2n) is 7.78. The number of benzene rings is 1. The highest BCUT2D eigenvalue weighted by molar-refractivity contribution is 9.10. The number of alkyl halides is 3. The third-order valence-corrected chi connectivity index (χ3v) is 6.14. The van der Waals surface area contributed by atoms with Gasteiger partial charge in [-0.1, -0.05) is 24.3 Å². The number of aryl methyl sites for hydroxylation is 1. The first kappa shape index (κ1) is 21.6. The summed E-state index contributed by atoms with van der Waals surface area (Å²) in [7, 11) is 0. The van der Waals surface area contributed by atoms with E-state index in [-0.39, 0.29) is 10.4 Å². The number of carbonyl (C=O) groups is 1. The molecule has 0 aliphatic heterocycles. The molecule has 1 atom stereocenters. The monoisotopic (exact) mass is 495 g/mol. The van der Waals surface area contributed by atoms with Crippen molar-refractivity contribution in [3.05, 3.63) is 63.6 Å². The molecule has 164 valence electrons. The van der Waals surface area contributed by atoms with Crippen molar-refractivity contribution in [2.75, 3.05) is 5.32 Å². The fourth-order valence-electron chi connectivity index (χ4n) is 3.46. The van der Waals surface area contributed by atoms with Crippen molar-refractivity contribution in [2.45, 2.75) is 51.4 Å². The molecule has 0 radical (unpaired) electrons. The summed E-state index contributed by atoms with van der Waals surface area (Å²) >= 11 is 3.06. The predicted molar refractivity (Wildman–Crippen MR) is 113 cm³/mol. The molecule has 2 aromatic heterocycles. The van der Waals surface area contributed by atoms with Gasteiger partial charge in [0.1, 0.15) is 6.04 Å². The number of aromatic nitrogens is 4. The quantitative estimate of drug-likeness (QED) is 0.504. The van der Waals surface area contributed by atoms with E-state index in [1.54, 1.807) is 17.8 Å². The van der Waals surface area contributed by atoms with Crippen molar-refractivity contribution in [2.24, 2.45) is 0 Å². The van der Waals surface area contributed by atoms with Gasteiger partial charge in [0.05, 0.1) is 28.6 Å². The molecule has 1 aromatic carbocycles. The number of rotatable bonds is 6. The van der Waals surface area contributed by atoms with E-state index in [0.29, 0.717) is 17.9 Å². The molecular weight excluding hydrogens is 475 g/mol. The minimum absolute atomic E-state index is 0.0231. The van der Waals surface area contributed by atoms with Crippen LogP contribution in [0.15, 0.2) is 41.1 Å². The van der Waals surface area contributed by atoms with Crippen LogP contribution in [-0.2, 0) is 17.5 Å². The Balaban J connectivity index is 1.51. The molecule has 1 amide bonds. The van der Waals surface area contributed by atoms with Crippen LogP contribution in [0.25, 0.3) is 0 Å². The molecule has 1 aliphatic carbocycles. The largest absolute Gasteiger partial charge is 0.436 e. The van der Waals surface area contributed by atoms with Crippen LogP contribution in [0.5, 0.6) is 0 Å². The molecular formula is C21H21BrF3N5O. The van der Waals surface area contributed by atoms with Gasteiger partial charge < -0.3 is 5.32 Å². The molecule has 31 heavy (non-hydrogen) atoms. The summed E-state index contributed by atoms with van der Waals surface area (Å²) in [5.41, 5.74) is 2.13. The van der Waals surface area contributed by atoms with Crippen molar-refractivity contribution in [3.63, 3.8) is 0 Å². The lowest BCUT2D eigenvalue weighted by molar-refractivity contribution is -0.142. The average Bonchev–Trinajstić information content (AvgIpc) is 3.34. The van der Waals surface area contributed by atoms with Gasteiger partial charge in [-0.05, 0) is 53.7 Å². The minimum atomic E-state index is -4.60. The zero-order valence-corrected chi connectivity index (χ0v) is 18.5. The standard InChI is InChI=1S/C21H21BrF3N5O/c1-12-5-3-4-6-15(12)10-29-11-16(9-26-29)27-20(31)13(2)30-18(14-7-8-14)17(22)19(28-30)21(23,24)25/h3-6,9,11,13-14H,7-8,10H2,1-2H3,(H,27,31). The molecule has 1 unspecified atom stereocenters. The van der Waals surface area contributed by atoms with E-state index in [9.17, 15) is 18.0 Å². The first-order chi connectivity index (χ1) is 14.6. The maximum absolute atomic E-state index is 13.3. The summed E-state index contributed by atoms with van der Waals surface area (Å²) in [5, 5.41) is 10.7. The number of nitrogens with one attached hydrogen (secondary N) is 1. The molecule has 4 rings (SSSR count). The number of amides is 1. The first-order valence-electron chi connectivity index (χ1n) is 9.88. The topological polar surface area (TPSA) is 64.7 Å². The van der Waals surface area contributed by atoms with Crippen molar-refractivity contribution in [1.29, 1.82) is 0 Å². The normalized spacial score (nSPS) is 15.2. The van der Waals surface area contributed by atoms with E-state index in [1.807, 2.05) is 31.2 Å². The van der Waals surface area contributed by atoms with Crippen molar-refractivity contribution < 1.29 is 18.0 Å². The Bertz CT molecular complexity index is 1120. The number of halogens is 4. The molecule has 1 aliphatic rings. The highest BCUT2D eigenvalue weighted by Crippen LogP contribution is 2.47. The SMILES string of the molecule is Cc1ccccc1Cn1cc(NC(=O)C(C)n2nc(C(F)(F)F)c(Br)c2C2CC2)cn1. The van der Waals surface area contributed by atoms with Gasteiger partial charge in [-0.15, -0.1) is 0 Å². The third kappa shape index (κ3) is 4.53. The number of hydrogen-bond acceptors (Lipinski definition) is 3. The highest BCUT2D eigenvalue weighted by atomic mass is 79.9.